The van der Waals surface area contributed by atoms with E-state index < -0.39 is 102 Å². The summed E-state index contributed by atoms with van der Waals surface area (Å²) >= 11 is 0. The summed E-state index contributed by atoms with van der Waals surface area (Å²) in [6.45, 7) is 10.2. The molecule has 1 aromatic rings. The molecule has 626 valence electrons. The summed E-state index contributed by atoms with van der Waals surface area (Å²) in [5.41, 5.74) is -0.150. The fraction of sp³-hybridized carbons (Fsp3) is 0.805. The highest BCUT2D eigenvalue weighted by atomic mass is 31.2. The van der Waals surface area contributed by atoms with Crippen molar-refractivity contribution in [2.24, 2.45) is 0 Å². The molecule has 4 amide bonds. The van der Waals surface area contributed by atoms with Crippen molar-refractivity contribution in [1.29, 1.82) is 0 Å². The van der Waals surface area contributed by atoms with Gasteiger partial charge in [-0.25, -0.2) is 9.13 Å². The van der Waals surface area contributed by atoms with Crippen LogP contribution in [0, 0.1) is 0 Å². The Bertz CT molecular complexity index is 2430. The first-order valence-corrected chi connectivity index (χ1v) is 44.9. The number of rotatable bonds is 76. The van der Waals surface area contributed by atoms with E-state index in [0.717, 1.165) is 167 Å². The topological polar surface area (TPSA) is 339 Å². The van der Waals surface area contributed by atoms with Gasteiger partial charge in [0.05, 0.1) is 87.9 Å². The smallest absolute Gasteiger partial charge is 0.462 e. The Labute approximate surface area is 650 Å². The number of aliphatic hydroxyl groups is 2. The summed E-state index contributed by atoms with van der Waals surface area (Å²) in [5.74, 6) is -3.22. The predicted octanol–water partition coefficient (Wildman–Crippen LogP) is 17.4. The van der Waals surface area contributed by atoms with Crippen molar-refractivity contribution in [1.82, 2.24) is 21.3 Å². The average molecular weight is 1570 g/mol. The Balaban J connectivity index is 3.04. The van der Waals surface area contributed by atoms with Gasteiger partial charge in [0.2, 0.25) is 11.8 Å². The van der Waals surface area contributed by atoms with Gasteiger partial charge >= 0.3 is 27.6 Å². The minimum Gasteiger partial charge on any atom is -0.462 e. The molecule has 26 heteroatoms. The third-order valence-corrected chi connectivity index (χ3v) is 20.4. The number of carbonyl (C=O) groups excluding carboxylic acids is 6. The van der Waals surface area contributed by atoms with Crippen molar-refractivity contribution < 1.29 is 94.9 Å². The molecular formula is C82H148N4O20P2. The molecule has 0 aromatic heterocycles. The van der Waals surface area contributed by atoms with Gasteiger partial charge < -0.3 is 60.2 Å². The van der Waals surface area contributed by atoms with Gasteiger partial charge in [-0.1, -0.05) is 232 Å². The van der Waals surface area contributed by atoms with Gasteiger partial charge in [0.15, 0.2) is 0 Å². The number of phosphoric acid groups is 2. The van der Waals surface area contributed by atoms with Crippen LogP contribution in [0.25, 0.3) is 0 Å². The van der Waals surface area contributed by atoms with Crippen LogP contribution in [0.4, 0.5) is 0 Å². The summed E-state index contributed by atoms with van der Waals surface area (Å²) < 4.78 is 71.3. The van der Waals surface area contributed by atoms with Crippen molar-refractivity contribution in [3.05, 3.63) is 59.7 Å². The van der Waals surface area contributed by atoms with Crippen molar-refractivity contribution >= 4 is 51.2 Å². The lowest BCUT2D eigenvalue weighted by Crippen LogP contribution is -2.43. The second-order valence-corrected chi connectivity index (χ2v) is 31.6. The summed E-state index contributed by atoms with van der Waals surface area (Å²) in [6, 6.07) is 3.89. The molecule has 0 fully saturated rings. The van der Waals surface area contributed by atoms with Crippen LogP contribution in [0.5, 0.6) is 0 Å². The quantitative estimate of drug-likeness (QED) is 0.0130. The highest BCUT2D eigenvalue weighted by molar-refractivity contribution is 7.47. The van der Waals surface area contributed by atoms with Gasteiger partial charge in [-0.15, -0.1) is 0 Å². The van der Waals surface area contributed by atoms with E-state index in [-0.39, 0.29) is 88.3 Å². The number of esters is 2. The minimum absolute atomic E-state index is 0.0752. The summed E-state index contributed by atoms with van der Waals surface area (Å²) in [4.78, 5) is 102. The molecule has 8 atom stereocenters. The van der Waals surface area contributed by atoms with Crippen molar-refractivity contribution in [2.75, 3.05) is 65.9 Å². The van der Waals surface area contributed by atoms with Crippen LogP contribution in [0.1, 0.15) is 345 Å². The molecule has 1 rings (SSSR count). The maximum absolute atomic E-state index is 13.7. The molecule has 0 radical (unpaired) electrons. The predicted molar refractivity (Wildman–Crippen MR) is 427 cm³/mol. The van der Waals surface area contributed by atoms with Crippen LogP contribution < -0.4 is 21.3 Å². The third-order valence-electron chi connectivity index (χ3n) is 18.4. The molecule has 8 N–H and O–H groups in total. The van der Waals surface area contributed by atoms with Crippen LogP contribution in [-0.2, 0) is 65.4 Å². The second-order valence-electron chi connectivity index (χ2n) is 28.7. The van der Waals surface area contributed by atoms with Gasteiger partial charge in [0.1, 0.15) is 12.2 Å². The normalized spacial score (nSPS) is 14.5. The summed E-state index contributed by atoms with van der Waals surface area (Å²) in [7, 11) is -9.68. The lowest BCUT2D eigenvalue weighted by Gasteiger charge is -2.23. The zero-order valence-electron chi connectivity index (χ0n) is 67.5. The molecule has 0 aliphatic rings. The SMILES string of the molecule is CCCCCC/C=C\CCCC(=O)O[C@H](CCCCCCC)CC(=O)NC(COCCC(O)CCCCCCC)COP(=O)(O)OCCNC(=O)c1ccccc1C(=O)NCCOP(=O)(O)OCC(COCCC(O)CCCCCCC)NC(=O)C[C@@H](CCCCCCC)OC(=O)CCC/C=C\CCCCCC. The number of carbonyl (C=O) groups is 6. The van der Waals surface area contributed by atoms with E-state index in [1.54, 1.807) is 0 Å². The van der Waals surface area contributed by atoms with E-state index in [2.05, 4.69) is 87.1 Å². The molecule has 6 unspecified atom stereocenters. The maximum Gasteiger partial charge on any atom is 0.472 e. The van der Waals surface area contributed by atoms with Crippen LogP contribution in [0.2, 0.25) is 0 Å². The zero-order valence-corrected chi connectivity index (χ0v) is 69.3. The lowest BCUT2D eigenvalue weighted by molar-refractivity contribution is -0.152. The molecule has 0 heterocycles. The molecule has 1 aromatic carbocycles. The number of benzene rings is 1. The van der Waals surface area contributed by atoms with Crippen molar-refractivity contribution in [2.45, 2.75) is 361 Å². The number of nitrogens with one attached hydrogen (secondary N) is 4. The van der Waals surface area contributed by atoms with Gasteiger partial charge in [0.25, 0.3) is 11.8 Å². The number of aliphatic hydroxyl groups excluding tert-OH is 2. The number of amides is 4. The van der Waals surface area contributed by atoms with E-state index in [9.17, 15) is 57.9 Å². The van der Waals surface area contributed by atoms with E-state index in [1.807, 2.05) is 0 Å². The van der Waals surface area contributed by atoms with Gasteiger partial charge in [-0.3, -0.25) is 46.9 Å². The molecular weight excluding hydrogens is 1420 g/mol. The third kappa shape index (κ3) is 60.3. The standard InChI is InChI=1S/C82H148N4O20P2/c1-7-13-19-25-27-29-31-37-43-53-79(91)105-73(49-41-35-23-17-11-5)63-77(89)85-69(65-99-59-55-71(87)47-39-33-21-15-9-3)67-103-107(95,96)101-61-57-83-81(93)75-51-45-46-52-76(75)82(94)84-58-62-102-108(97,98)104-68-70(66-100-60-56-72(88)48-40-34-22-16-10-4)86-78(90)64-74(50-42-36-24-18-12-6)106-80(92)54-44-38-32-30-28-26-20-14-8-2/h29-32,45-46,51-52,69-74,87-88H,7-28,33-44,47-50,53-68H2,1-6H3,(H,83,93)(H,84,94)(H,85,89)(H,86,90)(H,95,96)(H,97,98)/b31-29-,32-30-/t69?,70?,71?,72?,73-,74-/m1/s1. The first-order valence-electron chi connectivity index (χ1n) is 41.9. The van der Waals surface area contributed by atoms with Gasteiger partial charge in [0, 0.05) is 39.1 Å². The Morgan fingerprint density at radius 1 is 0.389 bits per heavy atom. The number of unbranched alkanes of at least 4 members (excludes halogenated alkanes) is 26. The molecule has 0 aliphatic carbocycles. The molecule has 0 spiro atoms. The van der Waals surface area contributed by atoms with Crippen LogP contribution in [-0.4, -0.2) is 158 Å². The monoisotopic (exact) mass is 1570 g/mol. The lowest BCUT2D eigenvalue weighted by atomic mass is 10.1. The Kier molecular flexibility index (Phi) is 65.2. The molecule has 0 aliphatic heterocycles. The Hall–Kier alpha value is -4.42. The Morgan fingerprint density at radius 2 is 0.704 bits per heavy atom. The average Bonchev–Trinajstić information content (AvgIpc) is 0.843. The van der Waals surface area contributed by atoms with E-state index >= 15 is 0 Å². The van der Waals surface area contributed by atoms with Crippen LogP contribution in [0.15, 0.2) is 48.6 Å². The fourth-order valence-electron chi connectivity index (χ4n) is 12.0. The van der Waals surface area contributed by atoms with Crippen LogP contribution in [0.3, 0.4) is 0 Å². The fourth-order valence-corrected chi connectivity index (χ4v) is 13.5. The molecule has 108 heavy (non-hydrogen) atoms. The molecule has 24 nitrogen and oxygen atoms in total. The van der Waals surface area contributed by atoms with Gasteiger partial charge in [-0.2, -0.15) is 0 Å². The summed E-state index contributed by atoms with van der Waals surface area (Å²) in [6.07, 6.45) is 43.3. The molecule has 0 bridgehead atoms. The van der Waals surface area contributed by atoms with Gasteiger partial charge in [-0.05, 0) is 115 Å². The van der Waals surface area contributed by atoms with E-state index in [1.165, 1.54) is 62.8 Å². The van der Waals surface area contributed by atoms with E-state index in [4.69, 9.17) is 37.0 Å². The van der Waals surface area contributed by atoms with E-state index in [0.29, 0.717) is 51.4 Å². The zero-order chi connectivity index (χ0) is 79.4. The highest BCUT2D eigenvalue weighted by Crippen LogP contribution is 2.44. The number of allylic oxidation sites excluding steroid dienone is 4. The largest absolute Gasteiger partial charge is 0.472 e. The first kappa shape index (κ1) is 102. The minimum atomic E-state index is -4.84. The Morgan fingerprint density at radius 3 is 1.05 bits per heavy atom. The van der Waals surface area contributed by atoms with Crippen LogP contribution >= 0.6 is 15.6 Å². The highest BCUT2D eigenvalue weighted by Gasteiger charge is 2.29. The first-order chi connectivity index (χ1) is 52.2. The van der Waals surface area contributed by atoms with Crippen molar-refractivity contribution in [3.63, 3.8) is 0 Å². The molecule has 0 saturated heterocycles. The number of phosphoric ester groups is 2. The molecule has 0 saturated carbocycles. The maximum atomic E-state index is 13.7. The summed E-state index contributed by atoms with van der Waals surface area (Å²) in [5, 5.41) is 32.0. The van der Waals surface area contributed by atoms with Crippen molar-refractivity contribution in [3.8, 4) is 0 Å². The number of hydrogen-bond donors (Lipinski definition) is 8. The number of hydrogen-bond acceptors (Lipinski definition) is 18. The second kappa shape index (κ2) is 69.3. The number of ether oxygens (including phenoxy) is 4.